The van der Waals surface area contributed by atoms with Crippen LogP contribution >= 0.6 is 0 Å². The van der Waals surface area contributed by atoms with Gasteiger partial charge in [-0.2, -0.15) is 0 Å². The molecule has 1 aliphatic heterocycles. The van der Waals surface area contributed by atoms with Gasteiger partial charge in [0.05, 0.1) is 13.1 Å². The molecule has 0 atom stereocenters. The number of piperazine rings is 1. The van der Waals surface area contributed by atoms with Crippen LogP contribution in [0.1, 0.15) is 6.92 Å². The fourth-order valence-electron chi connectivity index (χ4n) is 1.70. The molecular formula is C10H18N4O4. The molecule has 0 spiro atoms. The van der Waals surface area contributed by atoms with Gasteiger partial charge in [0.25, 0.3) is 5.91 Å². The summed E-state index contributed by atoms with van der Waals surface area (Å²) in [6.07, 6.45) is 0. The number of carboxylic acids is 1. The smallest absolute Gasteiger partial charge is 0.317 e. The predicted octanol–water partition coefficient (Wildman–Crippen LogP) is -2.14. The van der Waals surface area contributed by atoms with E-state index in [-0.39, 0.29) is 24.9 Å². The van der Waals surface area contributed by atoms with Gasteiger partial charge in [0, 0.05) is 33.1 Å². The molecule has 0 radical (unpaired) electrons. The number of rotatable bonds is 4. The Kier molecular flexibility index (Phi) is 5.53. The molecule has 0 bridgehead atoms. The molecular weight excluding hydrogens is 240 g/mol. The van der Waals surface area contributed by atoms with E-state index in [4.69, 9.17) is 5.11 Å². The summed E-state index contributed by atoms with van der Waals surface area (Å²) >= 11 is 0. The largest absolute Gasteiger partial charge is 0.480 e. The Morgan fingerprint density at radius 3 is 1.94 bits per heavy atom. The summed E-state index contributed by atoms with van der Waals surface area (Å²) in [6, 6.07) is 0. The van der Waals surface area contributed by atoms with Gasteiger partial charge < -0.3 is 5.11 Å². The van der Waals surface area contributed by atoms with Gasteiger partial charge in [0.15, 0.2) is 0 Å². The monoisotopic (exact) mass is 258 g/mol. The van der Waals surface area contributed by atoms with Crippen molar-refractivity contribution in [2.24, 2.45) is 0 Å². The second-order valence-electron chi connectivity index (χ2n) is 4.18. The Bertz CT molecular complexity index is 326. The highest BCUT2D eigenvalue weighted by Crippen LogP contribution is 2.00. The van der Waals surface area contributed by atoms with E-state index in [1.165, 1.54) is 6.92 Å². The van der Waals surface area contributed by atoms with Crippen LogP contribution in [-0.4, -0.2) is 72.0 Å². The molecule has 1 aliphatic rings. The van der Waals surface area contributed by atoms with E-state index >= 15 is 0 Å². The van der Waals surface area contributed by atoms with E-state index in [0.717, 1.165) is 0 Å². The Hall–Kier alpha value is -1.67. The van der Waals surface area contributed by atoms with Crippen LogP contribution in [0.5, 0.6) is 0 Å². The van der Waals surface area contributed by atoms with Gasteiger partial charge in [-0.15, -0.1) is 0 Å². The lowest BCUT2D eigenvalue weighted by atomic mass is 10.3. The Morgan fingerprint density at radius 1 is 1.00 bits per heavy atom. The summed E-state index contributed by atoms with van der Waals surface area (Å²) in [6.45, 7) is 4.07. The van der Waals surface area contributed by atoms with Crippen LogP contribution in [0.25, 0.3) is 0 Å². The highest BCUT2D eigenvalue weighted by molar-refractivity contribution is 5.81. The van der Waals surface area contributed by atoms with Gasteiger partial charge >= 0.3 is 5.97 Å². The van der Waals surface area contributed by atoms with E-state index in [9.17, 15) is 14.4 Å². The van der Waals surface area contributed by atoms with Gasteiger partial charge in [0.2, 0.25) is 5.91 Å². The molecule has 0 unspecified atom stereocenters. The first kappa shape index (κ1) is 14.4. The quantitative estimate of drug-likeness (QED) is 0.497. The SMILES string of the molecule is CC(=O)NNC(=O)CN1CCN(CC(=O)O)CC1. The van der Waals surface area contributed by atoms with Crippen molar-refractivity contribution in [3.63, 3.8) is 0 Å². The van der Waals surface area contributed by atoms with E-state index in [1.807, 2.05) is 9.80 Å². The summed E-state index contributed by atoms with van der Waals surface area (Å²) in [5, 5.41) is 8.64. The van der Waals surface area contributed by atoms with Crippen LogP contribution in [0.15, 0.2) is 0 Å². The summed E-state index contributed by atoms with van der Waals surface area (Å²) in [5.74, 6) is -1.45. The van der Waals surface area contributed by atoms with Crippen molar-refractivity contribution in [2.75, 3.05) is 39.3 Å². The first-order valence-electron chi connectivity index (χ1n) is 5.69. The predicted molar refractivity (Wildman–Crippen MR) is 62.5 cm³/mol. The van der Waals surface area contributed by atoms with Crippen molar-refractivity contribution in [1.29, 1.82) is 0 Å². The topological polar surface area (TPSA) is 102 Å². The minimum atomic E-state index is -0.841. The second kappa shape index (κ2) is 6.92. The standard InChI is InChI=1S/C10H18N4O4/c1-8(15)11-12-9(16)6-13-2-4-14(5-3-13)7-10(17)18/h2-7H2,1H3,(H,11,15)(H,12,16)(H,17,18). The number of nitrogens with zero attached hydrogens (tertiary/aromatic N) is 2. The maximum absolute atomic E-state index is 11.4. The molecule has 18 heavy (non-hydrogen) atoms. The van der Waals surface area contributed by atoms with E-state index in [2.05, 4.69) is 10.9 Å². The normalized spacial score (nSPS) is 17.2. The van der Waals surface area contributed by atoms with E-state index in [1.54, 1.807) is 0 Å². The Morgan fingerprint density at radius 2 is 1.50 bits per heavy atom. The van der Waals surface area contributed by atoms with E-state index in [0.29, 0.717) is 26.2 Å². The molecule has 8 nitrogen and oxygen atoms in total. The van der Waals surface area contributed by atoms with Crippen molar-refractivity contribution in [3.8, 4) is 0 Å². The number of hydrogen-bond acceptors (Lipinski definition) is 5. The molecule has 1 rings (SSSR count). The summed E-state index contributed by atoms with van der Waals surface area (Å²) in [7, 11) is 0. The maximum atomic E-state index is 11.4. The van der Waals surface area contributed by atoms with Crippen LogP contribution in [0.4, 0.5) is 0 Å². The van der Waals surface area contributed by atoms with Crippen molar-refractivity contribution >= 4 is 17.8 Å². The fraction of sp³-hybridized carbons (Fsp3) is 0.700. The van der Waals surface area contributed by atoms with Gasteiger partial charge in [-0.05, 0) is 0 Å². The van der Waals surface area contributed by atoms with Gasteiger partial charge in [0.1, 0.15) is 0 Å². The fourth-order valence-corrected chi connectivity index (χ4v) is 1.70. The lowest BCUT2D eigenvalue weighted by Gasteiger charge is -2.33. The molecule has 3 N–H and O–H groups in total. The van der Waals surface area contributed by atoms with E-state index < -0.39 is 5.97 Å². The molecule has 0 aliphatic carbocycles. The average molecular weight is 258 g/mol. The minimum absolute atomic E-state index is 0.0337. The third-order valence-electron chi connectivity index (χ3n) is 2.57. The molecule has 8 heteroatoms. The Balaban J connectivity index is 2.20. The molecule has 2 amide bonds. The second-order valence-corrected chi connectivity index (χ2v) is 4.18. The maximum Gasteiger partial charge on any atom is 0.317 e. The zero-order valence-electron chi connectivity index (χ0n) is 10.3. The number of carboxylic acid groups (broad SMARTS) is 1. The van der Waals surface area contributed by atoms with Crippen molar-refractivity contribution in [1.82, 2.24) is 20.7 Å². The summed E-state index contributed by atoms with van der Waals surface area (Å²) < 4.78 is 0. The number of amides is 2. The van der Waals surface area contributed by atoms with Gasteiger partial charge in [-0.25, -0.2) is 0 Å². The third kappa shape index (κ3) is 5.60. The molecule has 1 fully saturated rings. The number of carbonyl (C=O) groups excluding carboxylic acids is 2. The molecule has 0 aromatic rings. The number of nitrogens with one attached hydrogen (secondary N) is 2. The first-order chi connectivity index (χ1) is 8.47. The summed E-state index contributed by atoms with van der Waals surface area (Å²) in [4.78, 5) is 36.2. The molecule has 102 valence electrons. The van der Waals surface area contributed by atoms with Crippen molar-refractivity contribution in [2.45, 2.75) is 6.92 Å². The molecule has 0 saturated carbocycles. The van der Waals surface area contributed by atoms with Crippen molar-refractivity contribution < 1.29 is 19.5 Å². The minimum Gasteiger partial charge on any atom is -0.480 e. The lowest BCUT2D eigenvalue weighted by Crippen LogP contribution is -2.52. The first-order valence-corrected chi connectivity index (χ1v) is 5.69. The highest BCUT2D eigenvalue weighted by atomic mass is 16.4. The number of hydrogen-bond donors (Lipinski definition) is 3. The van der Waals surface area contributed by atoms with Crippen LogP contribution < -0.4 is 10.9 Å². The summed E-state index contributed by atoms with van der Waals surface area (Å²) in [5.41, 5.74) is 4.50. The zero-order chi connectivity index (χ0) is 13.5. The van der Waals surface area contributed by atoms with Crippen LogP contribution in [0.2, 0.25) is 0 Å². The highest BCUT2D eigenvalue weighted by Gasteiger charge is 2.20. The molecule has 0 aromatic carbocycles. The lowest BCUT2D eigenvalue weighted by molar-refractivity contribution is -0.139. The number of carbonyl (C=O) groups is 3. The van der Waals surface area contributed by atoms with Crippen LogP contribution in [0.3, 0.4) is 0 Å². The number of hydrazine groups is 1. The number of aliphatic carboxylic acids is 1. The molecule has 1 saturated heterocycles. The molecule has 1 heterocycles. The van der Waals surface area contributed by atoms with Crippen molar-refractivity contribution in [3.05, 3.63) is 0 Å². The average Bonchev–Trinajstić information content (AvgIpc) is 2.28. The van der Waals surface area contributed by atoms with Crippen LogP contribution in [-0.2, 0) is 14.4 Å². The van der Waals surface area contributed by atoms with Gasteiger partial charge in [-0.3, -0.25) is 35.0 Å². The Labute approximate surface area is 105 Å². The van der Waals surface area contributed by atoms with Gasteiger partial charge in [-0.1, -0.05) is 0 Å². The third-order valence-corrected chi connectivity index (χ3v) is 2.57. The zero-order valence-corrected chi connectivity index (χ0v) is 10.3. The van der Waals surface area contributed by atoms with Crippen LogP contribution in [0, 0.1) is 0 Å². The molecule has 0 aromatic heterocycles.